The smallest absolute Gasteiger partial charge is 0.226 e. The van der Waals surface area contributed by atoms with Crippen molar-refractivity contribution in [2.45, 2.75) is 25.7 Å². The van der Waals surface area contributed by atoms with Gasteiger partial charge in [0.1, 0.15) is 16.5 Å². The third kappa shape index (κ3) is 4.55. The number of rotatable bonds is 6. The third-order valence-electron chi connectivity index (χ3n) is 4.39. The molecule has 0 aliphatic heterocycles. The SMILES string of the molecule is CN(C)CCCC(=O)Nc1nc2c(s1)C(=O)C(=C(O)c1ccc(N)nc1)CC2. The Morgan fingerprint density at radius 3 is 2.82 bits per heavy atom. The van der Waals surface area contributed by atoms with Gasteiger partial charge in [-0.05, 0) is 52.0 Å². The second-order valence-electron chi connectivity index (χ2n) is 6.88. The van der Waals surface area contributed by atoms with Crippen molar-refractivity contribution in [1.29, 1.82) is 0 Å². The summed E-state index contributed by atoms with van der Waals surface area (Å²) in [6.45, 7) is 0.827. The highest BCUT2D eigenvalue weighted by atomic mass is 32.1. The van der Waals surface area contributed by atoms with Crippen LogP contribution >= 0.6 is 11.3 Å². The Balaban J connectivity index is 1.74. The topological polar surface area (TPSA) is 121 Å². The molecule has 3 rings (SSSR count). The normalized spacial score (nSPS) is 15.5. The number of aliphatic hydroxyl groups excluding tert-OH is 1. The summed E-state index contributed by atoms with van der Waals surface area (Å²) in [5.41, 5.74) is 6.99. The van der Waals surface area contributed by atoms with E-state index in [1.54, 1.807) is 12.1 Å². The van der Waals surface area contributed by atoms with E-state index in [9.17, 15) is 14.7 Å². The fourth-order valence-electron chi connectivity index (χ4n) is 2.93. The van der Waals surface area contributed by atoms with E-state index in [2.05, 4.69) is 15.3 Å². The number of aryl methyl sites for hydroxylation is 1. The molecule has 1 aliphatic rings. The summed E-state index contributed by atoms with van der Waals surface area (Å²) in [5, 5.41) is 13.7. The number of carbonyl (C=O) groups excluding carboxylic acids is 2. The zero-order chi connectivity index (χ0) is 20.3. The quantitative estimate of drug-likeness (QED) is 0.502. The second-order valence-corrected chi connectivity index (χ2v) is 7.88. The zero-order valence-electron chi connectivity index (χ0n) is 15.9. The molecule has 4 N–H and O–H groups in total. The Bertz CT molecular complexity index is 918. The molecule has 0 saturated carbocycles. The lowest BCUT2D eigenvalue weighted by atomic mass is 9.93. The predicted octanol–water partition coefficient (Wildman–Crippen LogP) is 2.50. The lowest BCUT2D eigenvalue weighted by molar-refractivity contribution is -0.116. The van der Waals surface area contributed by atoms with E-state index in [0.717, 1.165) is 24.3 Å². The molecule has 2 aromatic heterocycles. The van der Waals surface area contributed by atoms with Gasteiger partial charge in [-0.15, -0.1) is 0 Å². The molecule has 2 heterocycles. The highest BCUT2D eigenvalue weighted by Crippen LogP contribution is 2.34. The van der Waals surface area contributed by atoms with Crippen LogP contribution in [0.2, 0.25) is 0 Å². The van der Waals surface area contributed by atoms with Gasteiger partial charge in [0.25, 0.3) is 0 Å². The minimum absolute atomic E-state index is 0.0918. The van der Waals surface area contributed by atoms with E-state index >= 15 is 0 Å². The highest BCUT2D eigenvalue weighted by molar-refractivity contribution is 7.18. The standard InChI is InChI=1S/C19H23N5O3S/c1-24(2)9-3-4-15(25)23-19-22-13-7-6-12(17(27)18(13)28-19)16(26)11-5-8-14(20)21-10-11/h5,8,10,26H,3-4,6-7,9H2,1-2H3,(H2,20,21)(H,22,23,25). The van der Waals surface area contributed by atoms with E-state index in [-0.39, 0.29) is 17.4 Å². The molecule has 8 nitrogen and oxygen atoms in total. The van der Waals surface area contributed by atoms with E-state index in [1.165, 1.54) is 6.20 Å². The number of pyridine rings is 1. The van der Waals surface area contributed by atoms with Gasteiger partial charge in [0.05, 0.1) is 5.69 Å². The van der Waals surface area contributed by atoms with Crippen LogP contribution < -0.4 is 11.1 Å². The van der Waals surface area contributed by atoms with Crippen LogP contribution in [0.15, 0.2) is 23.9 Å². The van der Waals surface area contributed by atoms with Crippen LogP contribution in [0.3, 0.4) is 0 Å². The molecule has 0 saturated heterocycles. The van der Waals surface area contributed by atoms with E-state index in [1.807, 2.05) is 19.0 Å². The van der Waals surface area contributed by atoms with Crippen molar-refractivity contribution in [2.75, 3.05) is 31.7 Å². The summed E-state index contributed by atoms with van der Waals surface area (Å²) in [4.78, 5) is 35.7. The van der Waals surface area contributed by atoms with Gasteiger partial charge >= 0.3 is 0 Å². The van der Waals surface area contributed by atoms with Gasteiger partial charge in [-0.3, -0.25) is 9.59 Å². The van der Waals surface area contributed by atoms with Gasteiger partial charge in [0, 0.05) is 23.8 Å². The number of thiazole rings is 1. The molecule has 0 fully saturated rings. The van der Waals surface area contributed by atoms with E-state index < -0.39 is 0 Å². The molecule has 0 bridgehead atoms. The second kappa shape index (κ2) is 8.49. The summed E-state index contributed by atoms with van der Waals surface area (Å²) < 4.78 is 0. The first kappa shape index (κ1) is 20.0. The van der Waals surface area contributed by atoms with Crippen molar-refractivity contribution >= 4 is 39.7 Å². The van der Waals surface area contributed by atoms with E-state index in [0.29, 0.717) is 51.9 Å². The first-order chi connectivity index (χ1) is 13.3. The number of Topliss-reactive ketones (excluding diaryl/α,β-unsaturated/α-hetero) is 1. The number of aromatic nitrogens is 2. The van der Waals surface area contributed by atoms with Gasteiger partial charge in [-0.2, -0.15) is 0 Å². The van der Waals surface area contributed by atoms with Crippen molar-refractivity contribution in [3.05, 3.63) is 40.0 Å². The maximum atomic E-state index is 12.8. The van der Waals surface area contributed by atoms with Crippen LogP contribution in [-0.4, -0.2) is 52.3 Å². The summed E-state index contributed by atoms with van der Waals surface area (Å²) in [5.74, 6) is -0.133. The maximum absolute atomic E-state index is 12.8. The van der Waals surface area contributed by atoms with Gasteiger partial charge in [0.15, 0.2) is 5.13 Å². The number of aliphatic hydroxyl groups is 1. The molecule has 28 heavy (non-hydrogen) atoms. The van der Waals surface area contributed by atoms with Crippen LogP contribution in [0.4, 0.5) is 10.9 Å². The summed E-state index contributed by atoms with van der Waals surface area (Å²) >= 11 is 1.15. The molecule has 0 radical (unpaired) electrons. The average molecular weight is 401 g/mol. The molecule has 1 amide bonds. The van der Waals surface area contributed by atoms with Crippen LogP contribution in [0.25, 0.3) is 5.76 Å². The monoisotopic (exact) mass is 401 g/mol. The molecule has 0 aromatic carbocycles. The molecule has 9 heteroatoms. The Kier molecular flexibility index (Phi) is 6.05. The lowest BCUT2D eigenvalue weighted by Gasteiger charge is -2.14. The molecular weight excluding hydrogens is 378 g/mol. The van der Waals surface area contributed by atoms with Gasteiger partial charge in [0.2, 0.25) is 11.7 Å². The zero-order valence-corrected chi connectivity index (χ0v) is 16.7. The number of hydrogen-bond acceptors (Lipinski definition) is 8. The fourth-order valence-corrected chi connectivity index (χ4v) is 3.92. The Morgan fingerprint density at radius 2 is 2.14 bits per heavy atom. The molecule has 0 atom stereocenters. The van der Waals surface area contributed by atoms with Gasteiger partial charge in [-0.1, -0.05) is 11.3 Å². The number of ketones is 1. The van der Waals surface area contributed by atoms with Gasteiger partial charge in [-0.25, -0.2) is 9.97 Å². The first-order valence-electron chi connectivity index (χ1n) is 8.98. The number of nitrogen functional groups attached to an aromatic ring is 1. The molecule has 1 aliphatic carbocycles. The molecule has 2 aromatic rings. The van der Waals surface area contributed by atoms with Crippen molar-refractivity contribution in [3.8, 4) is 0 Å². The molecule has 0 spiro atoms. The number of hydrogen-bond donors (Lipinski definition) is 3. The number of allylic oxidation sites excluding steroid dienone is 1. The number of anilines is 2. The summed E-state index contributed by atoms with van der Waals surface area (Å²) in [6, 6.07) is 3.20. The number of nitrogens with one attached hydrogen (secondary N) is 1. The van der Waals surface area contributed by atoms with Crippen molar-refractivity contribution in [3.63, 3.8) is 0 Å². The Hall–Kier alpha value is -2.78. The van der Waals surface area contributed by atoms with Crippen molar-refractivity contribution in [2.24, 2.45) is 0 Å². The van der Waals surface area contributed by atoms with Crippen LogP contribution in [0.5, 0.6) is 0 Å². The minimum atomic E-state index is -0.263. The van der Waals surface area contributed by atoms with Crippen molar-refractivity contribution in [1.82, 2.24) is 14.9 Å². The summed E-state index contributed by atoms with van der Waals surface area (Å²) in [7, 11) is 3.92. The fraction of sp³-hybridized carbons (Fsp3) is 0.368. The molecule has 148 valence electrons. The number of carbonyl (C=O) groups is 2. The average Bonchev–Trinajstić information content (AvgIpc) is 3.05. The minimum Gasteiger partial charge on any atom is -0.507 e. The molecule has 0 unspecified atom stereocenters. The number of nitrogens with zero attached hydrogens (tertiary/aromatic N) is 3. The highest BCUT2D eigenvalue weighted by Gasteiger charge is 2.29. The molecular formula is C19H23N5O3S. The predicted molar refractivity (Wildman–Crippen MR) is 109 cm³/mol. The lowest BCUT2D eigenvalue weighted by Crippen LogP contribution is -2.17. The van der Waals surface area contributed by atoms with Crippen molar-refractivity contribution < 1.29 is 14.7 Å². The number of nitrogens with two attached hydrogens (primary N) is 1. The van der Waals surface area contributed by atoms with Gasteiger partial charge < -0.3 is 21.1 Å². The largest absolute Gasteiger partial charge is 0.507 e. The Labute approximate surface area is 167 Å². The summed E-state index contributed by atoms with van der Waals surface area (Å²) in [6.07, 6.45) is 3.48. The first-order valence-corrected chi connectivity index (χ1v) is 9.79. The third-order valence-corrected chi connectivity index (χ3v) is 5.40. The number of fused-ring (bicyclic) bond motifs is 1. The number of amides is 1. The maximum Gasteiger partial charge on any atom is 0.226 e. The van der Waals surface area contributed by atoms with Crippen LogP contribution in [0, 0.1) is 0 Å². The van der Waals surface area contributed by atoms with Crippen LogP contribution in [-0.2, 0) is 11.2 Å². The Morgan fingerprint density at radius 1 is 1.36 bits per heavy atom. The van der Waals surface area contributed by atoms with E-state index in [4.69, 9.17) is 5.73 Å². The van der Waals surface area contributed by atoms with Crippen LogP contribution in [0.1, 0.15) is 40.2 Å².